The number of carbonyl (C=O) groups is 2. The first-order chi connectivity index (χ1) is 13.9. The van der Waals surface area contributed by atoms with E-state index in [4.69, 9.17) is 4.74 Å². The van der Waals surface area contributed by atoms with E-state index in [2.05, 4.69) is 6.92 Å². The van der Waals surface area contributed by atoms with Gasteiger partial charge >= 0.3 is 5.97 Å². The normalized spacial score (nSPS) is 23.1. The van der Waals surface area contributed by atoms with E-state index < -0.39 is 5.97 Å². The van der Waals surface area contributed by atoms with Crippen LogP contribution in [0.15, 0.2) is 12.1 Å². The highest BCUT2D eigenvalue weighted by molar-refractivity contribution is 7.14. The smallest absolute Gasteiger partial charge is 0.345 e. The molecule has 2 N–H and O–H groups in total. The van der Waals surface area contributed by atoms with Crippen LogP contribution in [0.25, 0.3) is 0 Å². The van der Waals surface area contributed by atoms with Crippen molar-refractivity contribution in [2.75, 3.05) is 13.7 Å². The van der Waals surface area contributed by atoms with Gasteiger partial charge in [0.05, 0.1) is 12.1 Å². The van der Waals surface area contributed by atoms with E-state index in [1.165, 1.54) is 17.8 Å². The van der Waals surface area contributed by atoms with Crippen LogP contribution in [0.3, 0.4) is 0 Å². The molecule has 7 heteroatoms. The molecule has 1 aliphatic heterocycles. The topological polar surface area (TPSA) is 87.1 Å². The molecule has 1 aromatic heterocycles. The van der Waals surface area contributed by atoms with Crippen LogP contribution >= 0.6 is 11.3 Å². The zero-order chi connectivity index (χ0) is 21.0. The van der Waals surface area contributed by atoms with Gasteiger partial charge in [-0.15, -0.1) is 11.3 Å². The lowest BCUT2D eigenvalue weighted by Crippen LogP contribution is -2.42. The number of carboxylic acid groups (broad SMARTS) is 1. The summed E-state index contributed by atoms with van der Waals surface area (Å²) in [6.07, 6.45) is 7.69. The van der Waals surface area contributed by atoms with Crippen LogP contribution in [0.5, 0.6) is 0 Å². The Morgan fingerprint density at radius 2 is 2.17 bits per heavy atom. The maximum Gasteiger partial charge on any atom is 0.345 e. The number of nitrogens with zero attached hydrogens (tertiary/aromatic N) is 1. The van der Waals surface area contributed by atoms with E-state index in [-0.39, 0.29) is 34.4 Å². The molecule has 1 aliphatic carbocycles. The number of rotatable bonds is 11. The molecule has 2 fully saturated rings. The molecule has 162 valence electrons. The zero-order valence-corrected chi connectivity index (χ0v) is 18.2. The lowest BCUT2D eigenvalue weighted by Gasteiger charge is -2.46. The van der Waals surface area contributed by atoms with Crippen molar-refractivity contribution in [2.45, 2.75) is 83.0 Å². The molecule has 2 aliphatic rings. The molecule has 0 aromatic carbocycles. The number of hydrogen-bond donors (Lipinski definition) is 2. The van der Waals surface area contributed by atoms with Crippen molar-refractivity contribution in [2.24, 2.45) is 5.41 Å². The van der Waals surface area contributed by atoms with Gasteiger partial charge in [-0.2, -0.15) is 0 Å². The number of hydrogen-bond acceptors (Lipinski definition) is 5. The highest BCUT2D eigenvalue weighted by Gasteiger charge is 2.42. The van der Waals surface area contributed by atoms with Crippen LogP contribution in [0.1, 0.15) is 85.4 Å². The summed E-state index contributed by atoms with van der Waals surface area (Å²) in [4.78, 5) is 26.7. The highest BCUT2D eigenvalue weighted by atomic mass is 32.1. The van der Waals surface area contributed by atoms with Gasteiger partial charge in [0.15, 0.2) is 0 Å². The second kappa shape index (κ2) is 9.58. The van der Waals surface area contributed by atoms with Gasteiger partial charge in [0.1, 0.15) is 11.0 Å². The van der Waals surface area contributed by atoms with E-state index in [0.717, 1.165) is 43.4 Å². The predicted molar refractivity (Wildman–Crippen MR) is 112 cm³/mol. The van der Waals surface area contributed by atoms with Crippen LogP contribution in [-0.4, -0.2) is 52.8 Å². The Morgan fingerprint density at radius 1 is 1.41 bits per heavy atom. The third kappa shape index (κ3) is 4.67. The fraction of sp³-hybridized carbons (Fsp3) is 0.727. The Hall–Kier alpha value is -1.44. The molecule has 2 unspecified atom stereocenters. The first-order valence-corrected chi connectivity index (χ1v) is 11.6. The Labute approximate surface area is 176 Å². The number of aromatic carboxylic acids is 1. The van der Waals surface area contributed by atoms with Gasteiger partial charge in [-0.1, -0.05) is 19.8 Å². The van der Waals surface area contributed by atoms with Crippen molar-refractivity contribution in [3.8, 4) is 0 Å². The van der Waals surface area contributed by atoms with Crippen molar-refractivity contribution < 1.29 is 24.5 Å². The van der Waals surface area contributed by atoms with E-state index in [0.29, 0.717) is 19.4 Å². The maximum atomic E-state index is 12.5. The second-order valence-electron chi connectivity index (χ2n) is 8.48. The lowest BCUT2D eigenvalue weighted by molar-refractivity contribution is -0.131. The summed E-state index contributed by atoms with van der Waals surface area (Å²) in [7, 11) is 1.61. The van der Waals surface area contributed by atoms with Crippen molar-refractivity contribution in [3.05, 3.63) is 21.9 Å². The van der Waals surface area contributed by atoms with Crippen LogP contribution in [0.4, 0.5) is 0 Å². The first kappa shape index (κ1) is 22.2. The molecule has 1 amide bonds. The number of carboxylic acids is 1. The number of amides is 1. The summed E-state index contributed by atoms with van der Waals surface area (Å²) in [5.74, 6) is -0.824. The number of aliphatic hydroxyl groups excluding tert-OH is 1. The van der Waals surface area contributed by atoms with Crippen molar-refractivity contribution in [3.63, 3.8) is 0 Å². The average molecular weight is 424 g/mol. The van der Waals surface area contributed by atoms with Gasteiger partial charge < -0.3 is 19.8 Å². The van der Waals surface area contributed by atoms with Gasteiger partial charge in [0.25, 0.3) is 0 Å². The molecule has 0 bridgehead atoms. The summed E-state index contributed by atoms with van der Waals surface area (Å²) < 4.78 is 5.71. The third-order valence-electron chi connectivity index (χ3n) is 6.78. The second-order valence-corrected chi connectivity index (χ2v) is 9.60. The SMILES string of the molecule is CCCC1(C(O)CCCN2C(=O)CCC2[C@@H](OC)c2ccc(C(=O)O)s2)CCC1. The summed E-state index contributed by atoms with van der Waals surface area (Å²) >= 11 is 1.21. The highest BCUT2D eigenvalue weighted by Crippen LogP contribution is 2.48. The molecule has 2 heterocycles. The molecule has 3 atom stereocenters. The minimum atomic E-state index is -0.943. The summed E-state index contributed by atoms with van der Waals surface area (Å²) in [6.45, 7) is 2.78. The molecular weight excluding hydrogens is 390 g/mol. The van der Waals surface area contributed by atoms with Crippen LogP contribution < -0.4 is 0 Å². The first-order valence-electron chi connectivity index (χ1n) is 10.7. The lowest BCUT2D eigenvalue weighted by atomic mass is 9.62. The molecule has 1 aromatic rings. The molecular formula is C22H33NO5S. The number of likely N-dealkylation sites (tertiary alicyclic amines) is 1. The number of thiophene rings is 1. The quantitative estimate of drug-likeness (QED) is 0.556. The molecule has 29 heavy (non-hydrogen) atoms. The standard InChI is InChI=1S/C22H33NO5S/c1-3-11-22(12-5-13-22)18(24)6-4-14-23-15(7-10-19(23)25)20(28-2)16-8-9-17(29-16)21(26)27/h8-9,15,18,20,24H,3-7,10-14H2,1-2H3,(H,26,27)/t15?,18?,20-/m1/s1. The number of ether oxygens (including phenoxy) is 1. The maximum absolute atomic E-state index is 12.5. The van der Waals surface area contributed by atoms with Gasteiger partial charge in [-0.05, 0) is 56.1 Å². The van der Waals surface area contributed by atoms with E-state index in [9.17, 15) is 19.8 Å². The molecule has 0 spiro atoms. The minimum absolute atomic E-state index is 0.0850. The molecule has 6 nitrogen and oxygen atoms in total. The molecule has 3 rings (SSSR count). The Bertz CT molecular complexity index is 714. The van der Waals surface area contributed by atoms with Crippen LogP contribution in [0.2, 0.25) is 0 Å². The fourth-order valence-corrected chi connectivity index (χ4v) is 6.07. The molecule has 1 saturated heterocycles. The van der Waals surface area contributed by atoms with Gasteiger partial charge in [0, 0.05) is 25.0 Å². The molecule has 1 saturated carbocycles. The third-order valence-corrected chi connectivity index (χ3v) is 7.91. The fourth-order valence-electron chi connectivity index (χ4n) is 5.08. The summed E-state index contributed by atoms with van der Waals surface area (Å²) in [5, 5.41) is 20.0. The Morgan fingerprint density at radius 3 is 2.72 bits per heavy atom. The van der Waals surface area contributed by atoms with E-state index >= 15 is 0 Å². The van der Waals surface area contributed by atoms with Crippen LogP contribution in [0, 0.1) is 5.41 Å². The van der Waals surface area contributed by atoms with Crippen molar-refractivity contribution >= 4 is 23.2 Å². The van der Waals surface area contributed by atoms with E-state index in [1.54, 1.807) is 19.2 Å². The van der Waals surface area contributed by atoms with Gasteiger partial charge in [0.2, 0.25) is 5.91 Å². The summed E-state index contributed by atoms with van der Waals surface area (Å²) in [6, 6.07) is 3.30. The van der Waals surface area contributed by atoms with Gasteiger partial charge in [-0.3, -0.25) is 4.79 Å². The minimum Gasteiger partial charge on any atom is -0.477 e. The predicted octanol–water partition coefficient (Wildman–Crippen LogP) is 4.24. The Kier molecular flexibility index (Phi) is 7.35. The largest absolute Gasteiger partial charge is 0.477 e. The number of methoxy groups -OCH3 is 1. The number of aliphatic hydroxyl groups is 1. The van der Waals surface area contributed by atoms with E-state index in [1.807, 2.05) is 4.90 Å². The van der Waals surface area contributed by atoms with Crippen molar-refractivity contribution in [1.82, 2.24) is 4.90 Å². The summed E-state index contributed by atoms with van der Waals surface area (Å²) in [5.41, 5.74) is 0.0996. The van der Waals surface area contributed by atoms with Crippen molar-refractivity contribution in [1.29, 1.82) is 0 Å². The monoisotopic (exact) mass is 423 g/mol. The average Bonchev–Trinajstić information content (AvgIpc) is 3.28. The zero-order valence-electron chi connectivity index (χ0n) is 17.4. The van der Waals surface area contributed by atoms with Crippen LogP contribution in [-0.2, 0) is 9.53 Å². The Balaban J connectivity index is 1.61. The molecule has 0 radical (unpaired) electrons. The number of carbonyl (C=O) groups excluding carboxylic acids is 1. The van der Waals surface area contributed by atoms with Gasteiger partial charge in [-0.25, -0.2) is 4.79 Å².